The van der Waals surface area contributed by atoms with Crippen molar-refractivity contribution in [2.24, 2.45) is 5.73 Å². The van der Waals surface area contributed by atoms with Crippen LogP contribution in [0.4, 0.5) is 0 Å². The molecule has 0 radical (unpaired) electrons. The minimum absolute atomic E-state index is 0.121. The summed E-state index contributed by atoms with van der Waals surface area (Å²) in [4.78, 5) is 33.5. The Morgan fingerprint density at radius 1 is 0.950 bits per heavy atom. The number of nitrogens with one attached hydrogen (secondary N) is 1. The van der Waals surface area contributed by atoms with Gasteiger partial charge in [-0.15, -0.1) is 0 Å². The number of hydrogen-bond acceptors (Lipinski definition) is 8. The van der Waals surface area contributed by atoms with E-state index in [-0.39, 0.29) is 6.04 Å². The maximum absolute atomic E-state index is 11.2. The molecule has 0 aromatic heterocycles. The van der Waals surface area contributed by atoms with Gasteiger partial charge in [0.1, 0.15) is 0 Å². The molecule has 0 bridgehead atoms. The lowest BCUT2D eigenvalue weighted by atomic mass is 10.4. The molecule has 0 saturated carbocycles. The highest BCUT2D eigenvalue weighted by atomic mass is 28.4. The van der Waals surface area contributed by atoms with E-state index in [4.69, 9.17) is 19.0 Å². The second-order valence-electron chi connectivity index (χ2n) is 4.11. The lowest BCUT2D eigenvalue weighted by Gasteiger charge is -2.26. The van der Waals surface area contributed by atoms with Crippen molar-refractivity contribution in [2.75, 3.05) is 19.6 Å². The van der Waals surface area contributed by atoms with E-state index in [2.05, 4.69) is 5.32 Å². The predicted molar refractivity (Wildman–Crippen MR) is 72.4 cm³/mol. The van der Waals surface area contributed by atoms with Gasteiger partial charge < -0.3 is 24.3 Å². The normalized spacial score (nSPS) is 10.8. The standard InChI is InChI=1S/C11H22N2O6Si/c1-9(14)17-20(18-10(2)15,19-11(3)16)8-7-13-6-4-5-12/h13H,4-8,12H2,1-3H3. The molecule has 9 heteroatoms. The van der Waals surface area contributed by atoms with E-state index in [1.54, 1.807) is 0 Å². The van der Waals surface area contributed by atoms with Crippen LogP contribution in [0.2, 0.25) is 6.04 Å². The minimum Gasteiger partial charge on any atom is -0.455 e. The smallest absolute Gasteiger partial charge is 0.455 e. The van der Waals surface area contributed by atoms with Crippen molar-refractivity contribution >= 4 is 26.7 Å². The molecular formula is C11H22N2O6Si. The zero-order chi connectivity index (χ0) is 15.6. The van der Waals surface area contributed by atoms with Gasteiger partial charge in [0.25, 0.3) is 17.9 Å². The molecule has 0 aliphatic carbocycles. The molecule has 0 aromatic carbocycles. The van der Waals surface area contributed by atoms with Crippen LogP contribution in [0.1, 0.15) is 27.2 Å². The average Bonchev–Trinajstić information content (AvgIpc) is 2.25. The van der Waals surface area contributed by atoms with Gasteiger partial charge in [0.15, 0.2) is 0 Å². The van der Waals surface area contributed by atoms with Gasteiger partial charge in [-0.1, -0.05) is 0 Å². The van der Waals surface area contributed by atoms with Crippen molar-refractivity contribution in [3.63, 3.8) is 0 Å². The third-order valence-electron chi connectivity index (χ3n) is 2.06. The fourth-order valence-corrected chi connectivity index (χ4v) is 3.69. The number of nitrogens with two attached hydrogens (primary N) is 1. The third kappa shape index (κ3) is 8.61. The third-order valence-corrected chi connectivity index (χ3v) is 4.72. The van der Waals surface area contributed by atoms with Gasteiger partial charge in [-0.05, 0) is 19.5 Å². The highest BCUT2D eigenvalue weighted by molar-refractivity contribution is 6.65. The maximum atomic E-state index is 11.2. The Bertz CT molecular complexity index is 309. The first-order valence-corrected chi connectivity index (χ1v) is 8.24. The average molecular weight is 306 g/mol. The number of carbonyl (C=O) groups excluding carboxylic acids is 3. The Morgan fingerprint density at radius 2 is 1.40 bits per heavy atom. The summed E-state index contributed by atoms with van der Waals surface area (Å²) < 4.78 is 15.0. The van der Waals surface area contributed by atoms with E-state index in [0.29, 0.717) is 19.6 Å². The number of hydrogen-bond donors (Lipinski definition) is 2. The fraction of sp³-hybridized carbons (Fsp3) is 0.727. The first kappa shape index (κ1) is 18.5. The van der Waals surface area contributed by atoms with Crippen molar-refractivity contribution in [1.82, 2.24) is 5.32 Å². The summed E-state index contributed by atoms with van der Waals surface area (Å²) in [5.74, 6) is -2.00. The molecule has 0 heterocycles. The second-order valence-corrected chi connectivity index (χ2v) is 6.58. The first-order valence-electron chi connectivity index (χ1n) is 6.31. The Morgan fingerprint density at radius 3 is 1.75 bits per heavy atom. The van der Waals surface area contributed by atoms with E-state index >= 15 is 0 Å². The van der Waals surface area contributed by atoms with Gasteiger partial charge in [-0.25, -0.2) is 0 Å². The molecule has 0 aromatic rings. The van der Waals surface area contributed by atoms with Gasteiger partial charge in [0.2, 0.25) is 0 Å². The summed E-state index contributed by atoms with van der Waals surface area (Å²) in [6.45, 7) is 5.08. The van der Waals surface area contributed by atoms with Crippen LogP contribution in [0.25, 0.3) is 0 Å². The van der Waals surface area contributed by atoms with Crippen molar-refractivity contribution in [2.45, 2.75) is 33.2 Å². The van der Waals surface area contributed by atoms with Crippen LogP contribution in [0.5, 0.6) is 0 Å². The summed E-state index contributed by atoms with van der Waals surface area (Å²) in [5.41, 5.74) is 5.35. The number of carbonyl (C=O) groups is 3. The SMILES string of the molecule is CC(=O)O[Si](CCNCCCN)(OC(C)=O)OC(C)=O. The Labute approximate surface area is 119 Å². The highest BCUT2D eigenvalue weighted by Crippen LogP contribution is 2.16. The van der Waals surface area contributed by atoms with Crippen molar-refractivity contribution in [3.05, 3.63) is 0 Å². The van der Waals surface area contributed by atoms with E-state index in [1.165, 1.54) is 0 Å². The summed E-state index contributed by atoms with van der Waals surface area (Å²) >= 11 is 0. The molecule has 0 fully saturated rings. The molecule has 0 unspecified atom stereocenters. The zero-order valence-corrected chi connectivity index (χ0v) is 13.1. The molecule has 0 spiro atoms. The van der Waals surface area contributed by atoms with Crippen LogP contribution < -0.4 is 11.1 Å². The summed E-state index contributed by atoms with van der Waals surface area (Å²) in [6, 6.07) is 0.121. The largest absolute Gasteiger partial charge is 0.706 e. The Kier molecular flexibility index (Phi) is 8.76. The molecule has 116 valence electrons. The van der Waals surface area contributed by atoms with Gasteiger partial charge in [0.05, 0.1) is 6.04 Å². The lowest BCUT2D eigenvalue weighted by molar-refractivity contribution is -0.147. The van der Waals surface area contributed by atoms with E-state index in [1.807, 2.05) is 0 Å². The maximum Gasteiger partial charge on any atom is 0.706 e. The molecule has 0 saturated heterocycles. The minimum atomic E-state index is -3.69. The quantitative estimate of drug-likeness (QED) is 0.434. The monoisotopic (exact) mass is 306 g/mol. The van der Waals surface area contributed by atoms with Gasteiger partial charge in [-0.3, -0.25) is 14.4 Å². The van der Waals surface area contributed by atoms with Crippen molar-refractivity contribution in [1.29, 1.82) is 0 Å². The van der Waals surface area contributed by atoms with Gasteiger partial charge in [0, 0.05) is 27.3 Å². The van der Waals surface area contributed by atoms with E-state index in [0.717, 1.165) is 27.2 Å². The molecule has 0 amide bonds. The highest BCUT2D eigenvalue weighted by Gasteiger charge is 2.51. The molecule has 8 nitrogen and oxygen atoms in total. The molecule has 3 N–H and O–H groups in total. The zero-order valence-electron chi connectivity index (χ0n) is 12.1. The van der Waals surface area contributed by atoms with Crippen molar-refractivity contribution < 1.29 is 27.7 Å². The molecule has 0 aliphatic heterocycles. The summed E-state index contributed by atoms with van der Waals surface area (Å²) in [7, 11) is -3.69. The summed E-state index contributed by atoms with van der Waals surface area (Å²) in [6.07, 6.45) is 0.781. The van der Waals surface area contributed by atoms with Crippen LogP contribution in [-0.2, 0) is 27.7 Å². The molecular weight excluding hydrogens is 284 g/mol. The Hall–Kier alpha value is -1.45. The molecule has 0 aliphatic rings. The van der Waals surface area contributed by atoms with E-state index < -0.39 is 26.7 Å². The van der Waals surface area contributed by atoms with Crippen LogP contribution in [0.3, 0.4) is 0 Å². The van der Waals surface area contributed by atoms with Crippen molar-refractivity contribution in [3.8, 4) is 0 Å². The van der Waals surface area contributed by atoms with Crippen LogP contribution >= 0.6 is 0 Å². The molecule has 20 heavy (non-hydrogen) atoms. The van der Waals surface area contributed by atoms with Crippen LogP contribution in [0, 0.1) is 0 Å². The summed E-state index contributed by atoms with van der Waals surface area (Å²) in [5, 5.41) is 3.04. The first-order chi connectivity index (χ1) is 9.31. The van der Waals surface area contributed by atoms with Gasteiger partial charge in [-0.2, -0.15) is 0 Å². The van der Waals surface area contributed by atoms with Crippen LogP contribution in [-0.4, -0.2) is 46.3 Å². The Balaban J connectivity index is 4.72. The molecule has 0 rings (SSSR count). The predicted octanol–water partition coefficient (Wildman–Crippen LogP) is -0.447. The topological polar surface area (TPSA) is 117 Å². The second kappa shape index (κ2) is 9.45. The molecule has 0 atom stereocenters. The van der Waals surface area contributed by atoms with Crippen LogP contribution in [0.15, 0.2) is 0 Å². The fourth-order valence-electron chi connectivity index (χ4n) is 1.47. The lowest BCUT2D eigenvalue weighted by Crippen LogP contribution is -2.51. The van der Waals surface area contributed by atoms with Gasteiger partial charge >= 0.3 is 8.80 Å². The van der Waals surface area contributed by atoms with E-state index in [9.17, 15) is 14.4 Å². The number of rotatable bonds is 9.